The lowest BCUT2D eigenvalue weighted by Crippen LogP contribution is -2.19. The molecular weight excluding hydrogens is 178 g/mol. The second-order valence-corrected chi connectivity index (χ2v) is 3.65. The molecule has 1 aliphatic heterocycles. The van der Waals surface area contributed by atoms with Crippen LogP contribution in [0, 0.1) is 11.3 Å². The van der Waals surface area contributed by atoms with Crippen LogP contribution in [0.15, 0.2) is 0 Å². The third kappa shape index (κ3) is 5.21. The van der Waals surface area contributed by atoms with E-state index in [-0.39, 0.29) is 0 Å². The molecule has 1 heterocycles. The standard InChI is InChI=1S/C11H19NO2/c12-7-4-9-13-8-3-6-11-5-1-2-10-14-11/h11H,1-6,8-10H2. The molecule has 1 unspecified atom stereocenters. The van der Waals surface area contributed by atoms with E-state index >= 15 is 0 Å². The van der Waals surface area contributed by atoms with Gasteiger partial charge in [-0.2, -0.15) is 5.26 Å². The summed E-state index contributed by atoms with van der Waals surface area (Å²) in [6.45, 7) is 2.27. The smallest absolute Gasteiger partial charge is 0.0645 e. The van der Waals surface area contributed by atoms with Crippen LogP contribution in [0.25, 0.3) is 0 Å². The third-order valence-corrected chi connectivity index (χ3v) is 2.45. The molecule has 1 rings (SSSR count). The number of nitrogens with zero attached hydrogens (tertiary/aromatic N) is 1. The summed E-state index contributed by atoms with van der Waals surface area (Å²) in [4.78, 5) is 0. The summed E-state index contributed by atoms with van der Waals surface area (Å²) >= 11 is 0. The van der Waals surface area contributed by atoms with Crippen LogP contribution < -0.4 is 0 Å². The summed E-state index contributed by atoms with van der Waals surface area (Å²) in [6.07, 6.45) is 6.85. The lowest BCUT2D eigenvalue weighted by Gasteiger charge is -2.22. The fourth-order valence-electron chi connectivity index (χ4n) is 1.67. The Morgan fingerprint density at radius 3 is 3.00 bits per heavy atom. The van der Waals surface area contributed by atoms with Crippen molar-refractivity contribution in [1.29, 1.82) is 5.26 Å². The van der Waals surface area contributed by atoms with E-state index in [1.807, 2.05) is 0 Å². The van der Waals surface area contributed by atoms with E-state index in [2.05, 4.69) is 6.07 Å². The molecule has 0 radical (unpaired) electrons. The minimum Gasteiger partial charge on any atom is -0.380 e. The van der Waals surface area contributed by atoms with Crippen molar-refractivity contribution in [2.24, 2.45) is 0 Å². The number of hydrogen-bond acceptors (Lipinski definition) is 3. The highest BCUT2D eigenvalue weighted by atomic mass is 16.5. The van der Waals surface area contributed by atoms with Crippen molar-refractivity contribution in [3.8, 4) is 6.07 Å². The molecule has 1 atom stereocenters. The van der Waals surface area contributed by atoms with Gasteiger partial charge in [0.15, 0.2) is 0 Å². The second kappa shape index (κ2) is 7.78. The van der Waals surface area contributed by atoms with Gasteiger partial charge in [-0.3, -0.25) is 0 Å². The summed E-state index contributed by atoms with van der Waals surface area (Å²) in [7, 11) is 0. The van der Waals surface area contributed by atoms with Crippen molar-refractivity contribution < 1.29 is 9.47 Å². The van der Waals surface area contributed by atoms with Crippen molar-refractivity contribution in [1.82, 2.24) is 0 Å². The fraction of sp³-hybridized carbons (Fsp3) is 0.909. The zero-order chi connectivity index (χ0) is 10.1. The molecule has 0 N–H and O–H groups in total. The number of rotatable bonds is 6. The Morgan fingerprint density at radius 2 is 2.29 bits per heavy atom. The van der Waals surface area contributed by atoms with Crippen LogP contribution in [-0.2, 0) is 9.47 Å². The first-order valence-corrected chi connectivity index (χ1v) is 5.50. The molecule has 3 heteroatoms. The number of hydrogen-bond donors (Lipinski definition) is 0. The van der Waals surface area contributed by atoms with E-state index in [9.17, 15) is 0 Å². The summed E-state index contributed by atoms with van der Waals surface area (Å²) in [5, 5.41) is 8.28. The van der Waals surface area contributed by atoms with E-state index in [0.29, 0.717) is 19.1 Å². The third-order valence-electron chi connectivity index (χ3n) is 2.45. The molecule has 0 saturated carbocycles. The molecule has 0 amide bonds. The number of nitriles is 1. The van der Waals surface area contributed by atoms with Gasteiger partial charge in [0.1, 0.15) is 0 Å². The van der Waals surface area contributed by atoms with Crippen LogP contribution in [-0.4, -0.2) is 25.9 Å². The Hall–Kier alpha value is -0.590. The van der Waals surface area contributed by atoms with Crippen LogP contribution in [0.3, 0.4) is 0 Å². The molecule has 1 aliphatic rings. The average Bonchev–Trinajstić information content (AvgIpc) is 2.25. The molecule has 14 heavy (non-hydrogen) atoms. The van der Waals surface area contributed by atoms with E-state index < -0.39 is 0 Å². The highest BCUT2D eigenvalue weighted by Gasteiger charge is 2.12. The zero-order valence-corrected chi connectivity index (χ0v) is 8.71. The van der Waals surface area contributed by atoms with Gasteiger partial charge in [0.05, 0.1) is 25.2 Å². The van der Waals surface area contributed by atoms with Gasteiger partial charge in [-0.15, -0.1) is 0 Å². The normalized spacial score (nSPS) is 21.8. The van der Waals surface area contributed by atoms with E-state index in [4.69, 9.17) is 14.7 Å². The van der Waals surface area contributed by atoms with Crippen LogP contribution in [0.4, 0.5) is 0 Å². The first-order valence-electron chi connectivity index (χ1n) is 5.50. The van der Waals surface area contributed by atoms with Crippen LogP contribution in [0.2, 0.25) is 0 Å². The van der Waals surface area contributed by atoms with Crippen molar-refractivity contribution >= 4 is 0 Å². The molecule has 0 aromatic rings. The molecule has 1 fully saturated rings. The molecule has 0 bridgehead atoms. The zero-order valence-electron chi connectivity index (χ0n) is 8.71. The largest absolute Gasteiger partial charge is 0.380 e. The summed E-state index contributed by atoms with van der Waals surface area (Å²) in [5.74, 6) is 0. The summed E-state index contributed by atoms with van der Waals surface area (Å²) in [6, 6.07) is 2.06. The molecule has 0 aromatic heterocycles. The maximum absolute atomic E-state index is 8.28. The Bertz CT molecular complexity index is 171. The summed E-state index contributed by atoms with van der Waals surface area (Å²) < 4.78 is 10.9. The van der Waals surface area contributed by atoms with Gasteiger partial charge >= 0.3 is 0 Å². The van der Waals surface area contributed by atoms with Crippen molar-refractivity contribution in [2.75, 3.05) is 19.8 Å². The van der Waals surface area contributed by atoms with Gasteiger partial charge in [0.25, 0.3) is 0 Å². The van der Waals surface area contributed by atoms with E-state index in [0.717, 1.165) is 26.1 Å². The quantitative estimate of drug-likeness (QED) is 0.613. The van der Waals surface area contributed by atoms with Gasteiger partial charge in [0, 0.05) is 13.2 Å². The second-order valence-electron chi connectivity index (χ2n) is 3.65. The van der Waals surface area contributed by atoms with Gasteiger partial charge < -0.3 is 9.47 Å². The van der Waals surface area contributed by atoms with Crippen molar-refractivity contribution in [2.45, 2.75) is 44.6 Å². The SMILES string of the molecule is N#CCCOCCCC1CCCCO1. The van der Waals surface area contributed by atoms with Gasteiger partial charge in [-0.1, -0.05) is 0 Å². The van der Waals surface area contributed by atoms with Crippen molar-refractivity contribution in [3.05, 3.63) is 0 Å². The first kappa shape index (κ1) is 11.5. The topological polar surface area (TPSA) is 42.2 Å². The molecule has 0 aliphatic carbocycles. The van der Waals surface area contributed by atoms with E-state index in [1.54, 1.807) is 0 Å². The van der Waals surface area contributed by atoms with Crippen LogP contribution >= 0.6 is 0 Å². The Labute approximate surface area is 86.0 Å². The van der Waals surface area contributed by atoms with Gasteiger partial charge in [-0.05, 0) is 32.1 Å². The Kier molecular flexibility index (Phi) is 6.38. The van der Waals surface area contributed by atoms with E-state index in [1.165, 1.54) is 19.3 Å². The molecule has 0 spiro atoms. The fourth-order valence-corrected chi connectivity index (χ4v) is 1.67. The predicted octanol–water partition coefficient (Wildman–Crippen LogP) is 2.27. The molecule has 80 valence electrons. The van der Waals surface area contributed by atoms with Gasteiger partial charge in [-0.25, -0.2) is 0 Å². The molecule has 1 saturated heterocycles. The minimum atomic E-state index is 0.461. The maximum atomic E-state index is 8.28. The molecule has 0 aromatic carbocycles. The average molecular weight is 197 g/mol. The summed E-state index contributed by atoms with van der Waals surface area (Å²) in [5.41, 5.74) is 0. The first-order chi connectivity index (χ1) is 6.93. The highest BCUT2D eigenvalue weighted by molar-refractivity contribution is 4.67. The minimum absolute atomic E-state index is 0.461. The van der Waals surface area contributed by atoms with Crippen molar-refractivity contribution in [3.63, 3.8) is 0 Å². The molecule has 3 nitrogen and oxygen atoms in total. The maximum Gasteiger partial charge on any atom is 0.0645 e. The van der Waals surface area contributed by atoms with Crippen LogP contribution in [0.5, 0.6) is 0 Å². The van der Waals surface area contributed by atoms with Gasteiger partial charge in [0.2, 0.25) is 0 Å². The lowest BCUT2D eigenvalue weighted by molar-refractivity contribution is 0.00483. The Balaban J connectivity index is 1.85. The molecular formula is C11H19NO2. The van der Waals surface area contributed by atoms with Crippen LogP contribution in [0.1, 0.15) is 38.5 Å². The predicted molar refractivity (Wildman–Crippen MR) is 53.9 cm³/mol. The Morgan fingerprint density at radius 1 is 1.36 bits per heavy atom. The monoisotopic (exact) mass is 197 g/mol. The lowest BCUT2D eigenvalue weighted by atomic mass is 10.1. The highest BCUT2D eigenvalue weighted by Crippen LogP contribution is 2.16. The number of ether oxygens (including phenoxy) is 2.